The third kappa shape index (κ3) is 6.65. The van der Waals surface area contributed by atoms with Crippen LogP contribution in [0.4, 0.5) is 11.4 Å². The Labute approximate surface area is 197 Å². The molecule has 0 aliphatic heterocycles. The van der Waals surface area contributed by atoms with Crippen LogP contribution in [0.1, 0.15) is 18.9 Å². The monoisotopic (exact) mass is 496 g/mol. The summed E-state index contributed by atoms with van der Waals surface area (Å²) in [5.41, 5.74) is 0.222. The van der Waals surface area contributed by atoms with Gasteiger partial charge in [0.05, 0.1) is 16.9 Å². The SMILES string of the molecule is CCC(C(=O)NC)N(Cc1ccccc1Cl)C(=O)CN(c1cccc([N+](=O)[O-])c1)S(C)(=O)=O. The van der Waals surface area contributed by atoms with E-state index in [4.69, 9.17) is 11.6 Å². The van der Waals surface area contributed by atoms with Crippen molar-refractivity contribution in [1.82, 2.24) is 10.2 Å². The smallest absolute Gasteiger partial charge is 0.271 e. The molecule has 0 fully saturated rings. The third-order valence-corrected chi connectivity index (χ3v) is 6.45. The molecule has 1 atom stereocenters. The number of hydrogen-bond acceptors (Lipinski definition) is 6. The molecule has 1 N–H and O–H groups in total. The van der Waals surface area contributed by atoms with E-state index in [1.807, 2.05) is 0 Å². The maximum atomic E-state index is 13.4. The number of rotatable bonds is 10. The van der Waals surface area contributed by atoms with E-state index in [1.54, 1.807) is 31.2 Å². The highest BCUT2D eigenvalue weighted by Crippen LogP contribution is 2.25. The number of nitrogens with one attached hydrogen (secondary N) is 1. The van der Waals surface area contributed by atoms with Gasteiger partial charge in [-0.05, 0) is 24.1 Å². The molecule has 2 rings (SSSR count). The minimum absolute atomic E-state index is 0.0308. The van der Waals surface area contributed by atoms with Crippen molar-refractivity contribution in [1.29, 1.82) is 0 Å². The second kappa shape index (κ2) is 11.1. The summed E-state index contributed by atoms with van der Waals surface area (Å²) in [4.78, 5) is 37.6. The van der Waals surface area contributed by atoms with Crippen LogP contribution in [-0.4, -0.2) is 55.9 Å². The summed E-state index contributed by atoms with van der Waals surface area (Å²) in [6.07, 6.45) is 1.17. The van der Waals surface area contributed by atoms with Crippen LogP contribution in [0.3, 0.4) is 0 Å². The Morgan fingerprint density at radius 2 is 1.85 bits per heavy atom. The molecule has 0 aliphatic carbocycles. The van der Waals surface area contributed by atoms with Gasteiger partial charge in [-0.1, -0.05) is 42.8 Å². The minimum Gasteiger partial charge on any atom is -0.357 e. The minimum atomic E-state index is -3.99. The number of carbonyl (C=O) groups excluding carboxylic acids is 2. The van der Waals surface area contributed by atoms with Crippen LogP contribution in [0, 0.1) is 10.1 Å². The largest absolute Gasteiger partial charge is 0.357 e. The summed E-state index contributed by atoms with van der Waals surface area (Å²) in [6, 6.07) is 10.9. The summed E-state index contributed by atoms with van der Waals surface area (Å²) in [7, 11) is -2.55. The number of sulfonamides is 1. The molecular weight excluding hydrogens is 472 g/mol. The lowest BCUT2D eigenvalue weighted by Gasteiger charge is -2.32. The van der Waals surface area contributed by atoms with Gasteiger partial charge in [-0.25, -0.2) is 8.42 Å². The average Bonchev–Trinajstić information content (AvgIpc) is 2.77. The van der Waals surface area contributed by atoms with Gasteiger partial charge in [0.25, 0.3) is 5.69 Å². The number of hydrogen-bond donors (Lipinski definition) is 1. The highest BCUT2D eigenvalue weighted by atomic mass is 35.5. The van der Waals surface area contributed by atoms with E-state index in [9.17, 15) is 28.1 Å². The number of halogens is 1. The van der Waals surface area contributed by atoms with Crippen molar-refractivity contribution >= 4 is 44.8 Å². The van der Waals surface area contributed by atoms with Crippen LogP contribution in [0.25, 0.3) is 0 Å². The lowest BCUT2D eigenvalue weighted by molar-refractivity contribution is -0.384. The van der Waals surface area contributed by atoms with Gasteiger partial charge in [-0.2, -0.15) is 0 Å². The Kier molecular flexibility index (Phi) is 8.77. The second-order valence-corrected chi connectivity index (χ2v) is 9.51. The molecular formula is C21H25ClN4O6S. The van der Waals surface area contributed by atoms with Gasteiger partial charge in [-0.3, -0.25) is 24.0 Å². The number of non-ortho nitro benzene ring substituents is 1. The second-order valence-electron chi connectivity index (χ2n) is 7.20. The average molecular weight is 497 g/mol. The normalized spacial score (nSPS) is 12.0. The van der Waals surface area contributed by atoms with E-state index in [-0.39, 0.29) is 24.3 Å². The van der Waals surface area contributed by atoms with E-state index >= 15 is 0 Å². The Balaban J connectivity index is 2.48. The predicted molar refractivity (Wildman–Crippen MR) is 125 cm³/mol. The number of anilines is 1. The number of benzene rings is 2. The van der Waals surface area contributed by atoms with E-state index in [0.29, 0.717) is 10.6 Å². The zero-order valence-corrected chi connectivity index (χ0v) is 20.0. The Bertz CT molecular complexity index is 1140. The zero-order chi connectivity index (χ0) is 24.8. The standard InChI is InChI=1S/C21H25ClN4O6S/c1-4-19(21(28)23-2)24(13-15-8-5-6-11-18(15)22)20(27)14-25(33(3,31)32)16-9-7-10-17(12-16)26(29)30/h5-12,19H,4,13-14H2,1-3H3,(H,23,28). The van der Waals surface area contributed by atoms with Gasteiger partial charge >= 0.3 is 0 Å². The highest BCUT2D eigenvalue weighted by molar-refractivity contribution is 7.92. The van der Waals surface area contributed by atoms with Gasteiger partial charge in [0, 0.05) is 30.7 Å². The van der Waals surface area contributed by atoms with Crippen molar-refractivity contribution in [2.75, 3.05) is 24.2 Å². The van der Waals surface area contributed by atoms with Crippen molar-refractivity contribution in [3.63, 3.8) is 0 Å². The first-order valence-electron chi connectivity index (χ1n) is 9.96. The van der Waals surface area contributed by atoms with Crippen molar-refractivity contribution in [3.05, 3.63) is 69.2 Å². The van der Waals surface area contributed by atoms with Crippen molar-refractivity contribution in [3.8, 4) is 0 Å². The van der Waals surface area contributed by atoms with E-state index < -0.39 is 39.3 Å². The molecule has 1 unspecified atom stereocenters. The molecule has 2 aromatic rings. The van der Waals surface area contributed by atoms with Crippen molar-refractivity contribution in [2.45, 2.75) is 25.9 Å². The van der Waals surface area contributed by atoms with Crippen LogP contribution in [0.2, 0.25) is 5.02 Å². The van der Waals surface area contributed by atoms with Gasteiger partial charge < -0.3 is 10.2 Å². The van der Waals surface area contributed by atoms with Crippen molar-refractivity contribution < 1.29 is 22.9 Å². The van der Waals surface area contributed by atoms with E-state index in [0.717, 1.165) is 16.6 Å². The van der Waals surface area contributed by atoms with Gasteiger partial charge in [0.2, 0.25) is 21.8 Å². The van der Waals surface area contributed by atoms with Crippen LogP contribution < -0.4 is 9.62 Å². The molecule has 0 saturated heterocycles. The maximum absolute atomic E-state index is 13.4. The number of carbonyl (C=O) groups is 2. The number of likely N-dealkylation sites (N-methyl/N-ethyl adjacent to an activating group) is 1. The molecule has 2 amide bonds. The van der Waals surface area contributed by atoms with Gasteiger partial charge in [0.1, 0.15) is 12.6 Å². The molecule has 0 radical (unpaired) electrons. The summed E-state index contributed by atoms with van der Waals surface area (Å²) in [5.74, 6) is -1.08. The fourth-order valence-electron chi connectivity index (χ4n) is 3.27. The lowest BCUT2D eigenvalue weighted by atomic mass is 10.1. The van der Waals surface area contributed by atoms with Crippen LogP contribution in [0.15, 0.2) is 48.5 Å². The molecule has 0 spiro atoms. The summed E-state index contributed by atoms with van der Waals surface area (Å²) < 4.78 is 25.8. The highest BCUT2D eigenvalue weighted by Gasteiger charge is 2.32. The van der Waals surface area contributed by atoms with Crippen LogP contribution in [0.5, 0.6) is 0 Å². The van der Waals surface area contributed by atoms with Crippen LogP contribution in [-0.2, 0) is 26.2 Å². The first-order valence-corrected chi connectivity index (χ1v) is 12.2. The Morgan fingerprint density at radius 3 is 2.39 bits per heavy atom. The topological polar surface area (TPSA) is 130 Å². The molecule has 0 bridgehead atoms. The number of nitrogens with zero attached hydrogens (tertiary/aromatic N) is 3. The van der Waals surface area contributed by atoms with Gasteiger partial charge in [0.15, 0.2) is 0 Å². The van der Waals surface area contributed by atoms with Crippen LogP contribution >= 0.6 is 11.6 Å². The Hall–Kier alpha value is -3.18. The van der Waals surface area contributed by atoms with Crippen molar-refractivity contribution in [2.24, 2.45) is 0 Å². The van der Waals surface area contributed by atoms with E-state index in [1.165, 1.54) is 30.1 Å². The first-order chi connectivity index (χ1) is 15.5. The molecule has 0 saturated carbocycles. The molecule has 0 aromatic heterocycles. The number of amides is 2. The third-order valence-electron chi connectivity index (χ3n) is 4.94. The lowest BCUT2D eigenvalue weighted by Crippen LogP contribution is -2.51. The predicted octanol–water partition coefficient (Wildman–Crippen LogP) is 2.57. The summed E-state index contributed by atoms with van der Waals surface area (Å²) in [6.45, 7) is 1.04. The quantitative estimate of drug-likeness (QED) is 0.397. The summed E-state index contributed by atoms with van der Waals surface area (Å²) in [5, 5.41) is 14.0. The molecule has 12 heteroatoms. The maximum Gasteiger partial charge on any atom is 0.271 e. The molecule has 33 heavy (non-hydrogen) atoms. The number of nitro groups is 1. The molecule has 0 heterocycles. The molecule has 10 nitrogen and oxygen atoms in total. The summed E-state index contributed by atoms with van der Waals surface area (Å²) >= 11 is 6.25. The number of nitro benzene ring substituents is 1. The first kappa shape index (κ1) is 26.1. The fourth-order valence-corrected chi connectivity index (χ4v) is 4.31. The van der Waals surface area contributed by atoms with E-state index in [2.05, 4.69) is 5.32 Å². The fraction of sp³-hybridized carbons (Fsp3) is 0.333. The van der Waals surface area contributed by atoms with Gasteiger partial charge in [-0.15, -0.1) is 0 Å². The molecule has 178 valence electrons. The molecule has 2 aromatic carbocycles. The zero-order valence-electron chi connectivity index (χ0n) is 18.4. The molecule has 0 aliphatic rings. The Morgan fingerprint density at radius 1 is 1.18 bits per heavy atom.